The van der Waals surface area contributed by atoms with Gasteiger partial charge in [-0.3, -0.25) is 24.8 Å². The predicted octanol–water partition coefficient (Wildman–Crippen LogP) is 5.92. The van der Waals surface area contributed by atoms with Crippen LogP contribution in [0.2, 0.25) is 13.1 Å². The van der Waals surface area contributed by atoms with Crippen LogP contribution in [0.4, 0.5) is 0 Å². The molecule has 256 valence electrons. The molecule has 0 saturated carbocycles. The van der Waals surface area contributed by atoms with Gasteiger partial charge in [0.15, 0.2) is 0 Å². The molecule has 0 spiro atoms. The molecule has 2 aromatic carbocycles. The Labute approximate surface area is 293 Å². The van der Waals surface area contributed by atoms with E-state index in [1.807, 2.05) is 152 Å². The van der Waals surface area contributed by atoms with Crippen molar-refractivity contribution in [3.05, 3.63) is 164 Å². The number of carboxylic acids is 1. The van der Waals surface area contributed by atoms with E-state index >= 15 is 0 Å². The Kier molecular flexibility index (Phi) is 16.1. The van der Waals surface area contributed by atoms with Gasteiger partial charge < -0.3 is 15.6 Å². The van der Waals surface area contributed by atoms with Crippen LogP contribution in [0.5, 0.6) is 0 Å². The first-order chi connectivity index (χ1) is 24.2. The number of nitrogens with zero attached hydrogens (tertiary/aromatic N) is 6. The molecule has 50 heavy (non-hydrogen) atoms. The third kappa shape index (κ3) is 14.4. The maximum Gasteiger partial charge on any atom is 0.317 e. The SMILES string of the molecule is C[Si](C)(O)c1ccccn1.Cc1cc(-c2ccccn2)n[nH]1.NCC(=O)O.c1ccc(-c2ccccn2)cc1.c1ccc(-n2cccn2)cc1. The number of aromatic nitrogens is 7. The van der Waals surface area contributed by atoms with Gasteiger partial charge in [0.05, 0.1) is 28.9 Å². The normalized spacial score (nSPS) is 9.94. The van der Waals surface area contributed by atoms with E-state index < -0.39 is 14.3 Å². The number of H-pyrrole nitrogens is 1. The number of nitrogens with one attached hydrogen (secondary N) is 1. The lowest BCUT2D eigenvalue weighted by Gasteiger charge is -2.11. The number of aliphatic carboxylic acids is 1. The van der Waals surface area contributed by atoms with E-state index in [0.717, 1.165) is 39.3 Å². The molecular formula is C38H42N8O3Si. The second-order valence-electron chi connectivity index (χ2n) is 10.9. The Hall–Kier alpha value is -6.08. The molecule has 0 atom stereocenters. The molecule has 5 aromatic heterocycles. The highest BCUT2D eigenvalue weighted by Gasteiger charge is 2.20. The van der Waals surface area contributed by atoms with Crippen molar-refractivity contribution in [2.75, 3.05) is 6.54 Å². The van der Waals surface area contributed by atoms with Gasteiger partial charge in [0.2, 0.25) is 8.32 Å². The second-order valence-corrected chi connectivity index (χ2v) is 14.5. The molecule has 7 aromatic rings. The van der Waals surface area contributed by atoms with Gasteiger partial charge >= 0.3 is 5.97 Å². The topological polar surface area (TPSA) is 169 Å². The molecule has 0 unspecified atom stereocenters. The Morgan fingerprint density at radius 2 is 1.26 bits per heavy atom. The first-order valence-corrected chi connectivity index (χ1v) is 18.6. The van der Waals surface area contributed by atoms with Crippen molar-refractivity contribution in [2.24, 2.45) is 5.73 Å². The predicted molar refractivity (Wildman–Crippen MR) is 200 cm³/mol. The number of hydrogen-bond acceptors (Lipinski definition) is 8. The summed E-state index contributed by atoms with van der Waals surface area (Å²) in [4.78, 5) is 31.3. The van der Waals surface area contributed by atoms with Crippen molar-refractivity contribution in [3.63, 3.8) is 0 Å². The summed E-state index contributed by atoms with van der Waals surface area (Å²) in [5.41, 5.74) is 10.7. The van der Waals surface area contributed by atoms with Crippen molar-refractivity contribution in [1.82, 2.24) is 34.9 Å². The smallest absolute Gasteiger partial charge is 0.317 e. The summed E-state index contributed by atoms with van der Waals surface area (Å²) >= 11 is 0. The van der Waals surface area contributed by atoms with E-state index in [-0.39, 0.29) is 6.54 Å². The molecule has 0 aliphatic heterocycles. The molecule has 0 amide bonds. The first-order valence-electron chi connectivity index (χ1n) is 15.7. The number of pyridine rings is 3. The number of aryl methyl sites for hydroxylation is 1. The molecule has 0 saturated heterocycles. The van der Waals surface area contributed by atoms with Crippen molar-refractivity contribution in [1.29, 1.82) is 0 Å². The lowest BCUT2D eigenvalue weighted by Crippen LogP contribution is -2.43. The van der Waals surface area contributed by atoms with Gasteiger partial charge in [-0.15, -0.1) is 0 Å². The zero-order valence-electron chi connectivity index (χ0n) is 28.3. The Bertz CT molecular complexity index is 1850. The Morgan fingerprint density at radius 3 is 1.68 bits per heavy atom. The third-order valence-electron chi connectivity index (χ3n) is 6.36. The van der Waals surface area contributed by atoms with Crippen molar-refractivity contribution >= 4 is 19.6 Å². The van der Waals surface area contributed by atoms with Crippen LogP contribution in [0.25, 0.3) is 28.3 Å². The monoisotopic (exact) mass is 686 g/mol. The summed E-state index contributed by atoms with van der Waals surface area (Å²) in [5.74, 6) is -0.968. The van der Waals surface area contributed by atoms with Gasteiger partial charge in [-0.1, -0.05) is 66.7 Å². The van der Waals surface area contributed by atoms with Crippen LogP contribution in [-0.4, -0.2) is 65.7 Å². The number of carbonyl (C=O) groups is 1. The van der Waals surface area contributed by atoms with Gasteiger partial charge in [-0.25, -0.2) is 4.68 Å². The van der Waals surface area contributed by atoms with Crippen LogP contribution in [0.1, 0.15) is 5.69 Å². The average molecular weight is 687 g/mol. The fourth-order valence-corrected chi connectivity index (χ4v) is 4.83. The molecule has 0 bridgehead atoms. The maximum atomic E-state index is 9.57. The van der Waals surface area contributed by atoms with Crippen LogP contribution in [0.15, 0.2) is 158 Å². The number of nitrogens with two attached hydrogens (primary N) is 1. The van der Waals surface area contributed by atoms with Crippen LogP contribution >= 0.6 is 0 Å². The molecule has 11 nitrogen and oxygen atoms in total. The molecule has 7 rings (SSSR count). The Morgan fingerprint density at radius 1 is 0.720 bits per heavy atom. The van der Waals surface area contributed by atoms with Gasteiger partial charge in [0, 0.05) is 42.2 Å². The number of carboxylic acid groups (broad SMARTS) is 1. The van der Waals surface area contributed by atoms with Crippen LogP contribution in [0, 0.1) is 6.92 Å². The van der Waals surface area contributed by atoms with E-state index in [0.29, 0.717) is 0 Å². The van der Waals surface area contributed by atoms with E-state index in [4.69, 9.17) is 5.11 Å². The maximum absolute atomic E-state index is 9.57. The molecule has 5 N–H and O–H groups in total. The summed E-state index contributed by atoms with van der Waals surface area (Å²) < 4.78 is 1.83. The van der Waals surface area contributed by atoms with Gasteiger partial charge in [0.25, 0.3) is 0 Å². The first kappa shape index (κ1) is 38.4. The van der Waals surface area contributed by atoms with Crippen molar-refractivity contribution in [2.45, 2.75) is 20.0 Å². The standard InChI is InChI=1S/C11H9N.C9H9N3.C9H8N2.C7H11NOSi.C2H5NO2/c1-2-6-10(7-3-1)11-8-4-5-9-12-11;1-7-6-9(12-11-7)8-4-2-3-5-10-8;1-2-5-9(6-3-1)11-8-4-7-10-11;1-10(2,9)7-5-3-4-6-8-7;3-1-2(4)5/h1-9H;2-6H,1H3,(H,11,12);1-8H;3-6,9H,1-2H3;1,3H2,(H,4,5). The highest BCUT2D eigenvalue weighted by molar-refractivity contribution is 6.82. The van der Waals surface area contributed by atoms with E-state index in [9.17, 15) is 9.59 Å². The van der Waals surface area contributed by atoms with E-state index in [1.54, 1.807) is 18.6 Å². The Balaban J connectivity index is 0.000000173. The van der Waals surface area contributed by atoms with Crippen LogP contribution in [-0.2, 0) is 4.79 Å². The summed E-state index contributed by atoms with van der Waals surface area (Å²) in [5, 5.41) is 19.5. The number of hydrogen-bond donors (Lipinski definition) is 4. The second kappa shape index (κ2) is 21.0. The van der Waals surface area contributed by atoms with Crippen LogP contribution < -0.4 is 11.1 Å². The lowest BCUT2D eigenvalue weighted by atomic mass is 10.1. The summed E-state index contributed by atoms with van der Waals surface area (Å²) in [6.45, 7) is 5.41. The summed E-state index contributed by atoms with van der Waals surface area (Å²) in [6.07, 6.45) is 8.98. The third-order valence-corrected chi connectivity index (χ3v) is 7.91. The van der Waals surface area contributed by atoms with E-state index in [1.165, 1.54) is 0 Å². The van der Waals surface area contributed by atoms with Gasteiger partial charge in [0.1, 0.15) is 5.69 Å². The molecule has 5 heterocycles. The summed E-state index contributed by atoms with van der Waals surface area (Å²) in [6, 6.07) is 41.4. The van der Waals surface area contributed by atoms with Gasteiger partial charge in [-0.05, 0) is 80.7 Å². The quantitative estimate of drug-likeness (QED) is 0.161. The van der Waals surface area contributed by atoms with Gasteiger partial charge in [-0.2, -0.15) is 10.2 Å². The van der Waals surface area contributed by atoms with Crippen molar-refractivity contribution < 1.29 is 14.7 Å². The molecule has 0 aliphatic rings. The highest BCUT2D eigenvalue weighted by Crippen LogP contribution is 2.14. The minimum Gasteiger partial charge on any atom is -0.480 e. The molecule has 0 fully saturated rings. The van der Waals surface area contributed by atoms with Crippen LogP contribution in [0.3, 0.4) is 0 Å². The van der Waals surface area contributed by atoms with Crippen molar-refractivity contribution in [3.8, 4) is 28.3 Å². The lowest BCUT2D eigenvalue weighted by molar-refractivity contribution is -0.135. The number of aromatic amines is 1. The molecular weight excluding hydrogens is 645 g/mol. The van der Waals surface area contributed by atoms with E-state index in [2.05, 4.69) is 48.1 Å². The molecule has 0 radical (unpaired) electrons. The zero-order chi connectivity index (χ0) is 36.0. The minimum absolute atomic E-state index is 0.278. The number of benzene rings is 2. The largest absolute Gasteiger partial charge is 0.480 e. The molecule has 12 heteroatoms. The highest BCUT2D eigenvalue weighted by atomic mass is 28.4. The summed E-state index contributed by atoms with van der Waals surface area (Å²) in [7, 11) is -2.14. The fraction of sp³-hybridized carbons (Fsp3) is 0.105. The average Bonchev–Trinajstić information content (AvgIpc) is 3.87. The fourth-order valence-electron chi connectivity index (χ4n) is 3.93. The zero-order valence-corrected chi connectivity index (χ0v) is 29.3. The number of para-hydroxylation sites is 1. The number of rotatable bonds is 5. The molecule has 0 aliphatic carbocycles. The minimum atomic E-state index is -2.14.